The average Bonchev–Trinajstić information content (AvgIpc) is 3.00. The largest absolute Gasteiger partial charge is 0.469 e. The molecule has 0 aromatic heterocycles. The van der Waals surface area contributed by atoms with E-state index in [0.717, 1.165) is 12.8 Å². The van der Waals surface area contributed by atoms with Crippen LogP contribution in [0.15, 0.2) is 0 Å². The second-order valence-electron chi connectivity index (χ2n) is 3.78. The van der Waals surface area contributed by atoms with Crippen molar-refractivity contribution in [1.82, 2.24) is 5.32 Å². The van der Waals surface area contributed by atoms with Crippen LogP contribution in [0.4, 0.5) is 0 Å². The van der Waals surface area contributed by atoms with Gasteiger partial charge in [-0.1, -0.05) is 6.92 Å². The standard InChI is InChI=1S/C10H17NO3S/c1-7(10(13)14-2)5-15-6-9(12)11-8-3-4-8/h7-8H,3-6H2,1-2H3,(H,11,12). The first-order valence-corrected chi connectivity index (χ1v) is 6.24. The number of carbonyl (C=O) groups is 2. The molecule has 0 aromatic rings. The van der Waals surface area contributed by atoms with Crippen LogP contribution in [0.2, 0.25) is 0 Å². The molecule has 1 fully saturated rings. The van der Waals surface area contributed by atoms with Gasteiger partial charge in [0, 0.05) is 11.8 Å². The van der Waals surface area contributed by atoms with E-state index in [2.05, 4.69) is 10.1 Å². The van der Waals surface area contributed by atoms with Crippen molar-refractivity contribution >= 4 is 23.6 Å². The fraction of sp³-hybridized carbons (Fsp3) is 0.800. The molecule has 0 aromatic carbocycles. The predicted octanol–water partition coefficient (Wildman–Crippen LogP) is 0.807. The number of thioether (sulfide) groups is 1. The molecule has 0 heterocycles. The van der Waals surface area contributed by atoms with Crippen molar-refractivity contribution < 1.29 is 14.3 Å². The van der Waals surface area contributed by atoms with Crippen molar-refractivity contribution in [2.45, 2.75) is 25.8 Å². The van der Waals surface area contributed by atoms with E-state index >= 15 is 0 Å². The SMILES string of the molecule is COC(=O)C(C)CSCC(=O)NC1CC1. The zero-order valence-corrected chi connectivity index (χ0v) is 9.93. The minimum Gasteiger partial charge on any atom is -0.469 e. The monoisotopic (exact) mass is 231 g/mol. The first-order chi connectivity index (χ1) is 7.13. The molecule has 4 nitrogen and oxygen atoms in total. The van der Waals surface area contributed by atoms with Crippen molar-refractivity contribution in [3.05, 3.63) is 0 Å². The fourth-order valence-electron chi connectivity index (χ4n) is 1.09. The summed E-state index contributed by atoms with van der Waals surface area (Å²) >= 11 is 1.47. The Kier molecular flexibility index (Phi) is 4.94. The van der Waals surface area contributed by atoms with E-state index in [4.69, 9.17) is 0 Å². The molecule has 1 unspecified atom stereocenters. The lowest BCUT2D eigenvalue weighted by Crippen LogP contribution is -2.27. The second-order valence-corrected chi connectivity index (χ2v) is 4.81. The normalized spacial score (nSPS) is 16.9. The summed E-state index contributed by atoms with van der Waals surface area (Å²) in [7, 11) is 1.38. The quantitative estimate of drug-likeness (QED) is 0.687. The van der Waals surface area contributed by atoms with E-state index in [1.54, 1.807) is 6.92 Å². The van der Waals surface area contributed by atoms with E-state index in [1.165, 1.54) is 18.9 Å². The number of carbonyl (C=O) groups excluding carboxylic acids is 2. The molecule has 1 N–H and O–H groups in total. The first kappa shape index (κ1) is 12.4. The topological polar surface area (TPSA) is 55.4 Å². The van der Waals surface area contributed by atoms with Crippen LogP contribution in [-0.4, -0.2) is 36.5 Å². The number of amides is 1. The molecule has 1 rings (SSSR count). The van der Waals surface area contributed by atoms with Gasteiger partial charge in [-0.25, -0.2) is 0 Å². The third kappa shape index (κ3) is 5.06. The molecule has 5 heteroatoms. The Morgan fingerprint density at radius 3 is 2.73 bits per heavy atom. The summed E-state index contributed by atoms with van der Waals surface area (Å²) in [5.41, 5.74) is 0. The number of esters is 1. The Labute approximate surface area is 94.1 Å². The Hall–Kier alpha value is -0.710. The number of methoxy groups -OCH3 is 1. The summed E-state index contributed by atoms with van der Waals surface area (Å²) < 4.78 is 4.59. The lowest BCUT2D eigenvalue weighted by Gasteiger charge is -2.08. The van der Waals surface area contributed by atoms with Gasteiger partial charge in [-0.05, 0) is 12.8 Å². The summed E-state index contributed by atoms with van der Waals surface area (Å²) in [4.78, 5) is 22.3. The molecule has 0 bridgehead atoms. The van der Waals surface area contributed by atoms with Gasteiger partial charge in [0.15, 0.2) is 0 Å². The third-order valence-corrected chi connectivity index (χ3v) is 3.35. The van der Waals surface area contributed by atoms with Gasteiger partial charge in [0.25, 0.3) is 0 Å². The van der Waals surface area contributed by atoms with E-state index in [9.17, 15) is 9.59 Å². The van der Waals surface area contributed by atoms with Crippen molar-refractivity contribution in [3.8, 4) is 0 Å². The van der Waals surface area contributed by atoms with Gasteiger partial charge in [-0.2, -0.15) is 11.8 Å². The number of ether oxygens (including phenoxy) is 1. The van der Waals surface area contributed by atoms with Gasteiger partial charge in [0.05, 0.1) is 18.8 Å². The van der Waals surface area contributed by atoms with Gasteiger partial charge < -0.3 is 10.1 Å². The van der Waals surface area contributed by atoms with Crippen molar-refractivity contribution in [3.63, 3.8) is 0 Å². The Morgan fingerprint density at radius 1 is 1.53 bits per heavy atom. The van der Waals surface area contributed by atoms with Crippen molar-refractivity contribution in [2.75, 3.05) is 18.6 Å². The average molecular weight is 231 g/mol. The third-order valence-electron chi connectivity index (χ3n) is 2.15. The van der Waals surface area contributed by atoms with Crippen LogP contribution >= 0.6 is 11.8 Å². The summed E-state index contributed by atoms with van der Waals surface area (Å²) in [5.74, 6) is 0.765. The minimum absolute atomic E-state index is 0.0690. The Morgan fingerprint density at radius 2 is 2.20 bits per heavy atom. The minimum atomic E-state index is -0.217. The molecule has 1 aliphatic carbocycles. The highest BCUT2D eigenvalue weighted by Gasteiger charge is 2.23. The van der Waals surface area contributed by atoms with E-state index in [-0.39, 0.29) is 17.8 Å². The van der Waals surface area contributed by atoms with E-state index in [0.29, 0.717) is 17.5 Å². The fourth-order valence-corrected chi connectivity index (χ4v) is 1.97. The predicted molar refractivity (Wildman–Crippen MR) is 59.7 cm³/mol. The summed E-state index contributed by atoms with van der Waals surface area (Å²) in [6.45, 7) is 1.80. The first-order valence-electron chi connectivity index (χ1n) is 5.08. The molecule has 0 spiro atoms. The summed E-state index contributed by atoms with van der Waals surface area (Å²) in [5, 5.41) is 2.89. The maximum absolute atomic E-state index is 11.3. The van der Waals surface area contributed by atoms with Crippen molar-refractivity contribution in [1.29, 1.82) is 0 Å². The maximum Gasteiger partial charge on any atom is 0.309 e. The molecule has 15 heavy (non-hydrogen) atoms. The summed E-state index contributed by atoms with van der Waals surface area (Å²) in [6, 6.07) is 0.413. The molecule has 0 aliphatic heterocycles. The smallest absolute Gasteiger partial charge is 0.309 e. The molecule has 0 saturated heterocycles. The van der Waals surface area contributed by atoms with Crippen molar-refractivity contribution in [2.24, 2.45) is 5.92 Å². The van der Waals surface area contributed by atoms with Crippen LogP contribution in [0.5, 0.6) is 0 Å². The van der Waals surface area contributed by atoms with Gasteiger partial charge in [0.2, 0.25) is 5.91 Å². The zero-order chi connectivity index (χ0) is 11.3. The molecule has 1 atom stereocenters. The Balaban J connectivity index is 2.03. The highest BCUT2D eigenvalue weighted by molar-refractivity contribution is 7.99. The number of hydrogen-bond acceptors (Lipinski definition) is 4. The molecule has 86 valence electrons. The molecule has 0 radical (unpaired) electrons. The van der Waals surface area contributed by atoms with Crippen LogP contribution in [0, 0.1) is 5.92 Å². The van der Waals surface area contributed by atoms with Crippen LogP contribution in [-0.2, 0) is 14.3 Å². The van der Waals surface area contributed by atoms with Gasteiger partial charge >= 0.3 is 5.97 Å². The van der Waals surface area contributed by atoms with Crippen LogP contribution < -0.4 is 5.32 Å². The zero-order valence-electron chi connectivity index (χ0n) is 9.12. The lowest BCUT2D eigenvalue weighted by molar-refractivity contribution is -0.144. The van der Waals surface area contributed by atoms with Crippen LogP contribution in [0.3, 0.4) is 0 Å². The highest BCUT2D eigenvalue weighted by atomic mass is 32.2. The van der Waals surface area contributed by atoms with Gasteiger partial charge in [-0.3, -0.25) is 9.59 Å². The maximum atomic E-state index is 11.3. The highest BCUT2D eigenvalue weighted by Crippen LogP contribution is 2.19. The van der Waals surface area contributed by atoms with Crippen LogP contribution in [0.25, 0.3) is 0 Å². The molecule has 1 amide bonds. The van der Waals surface area contributed by atoms with Gasteiger partial charge in [-0.15, -0.1) is 0 Å². The lowest BCUT2D eigenvalue weighted by atomic mass is 10.2. The summed E-state index contributed by atoms with van der Waals surface area (Å²) in [6.07, 6.45) is 2.21. The Bertz CT molecular complexity index is 241. The number of rotatable bonds is 6. The number of hydrogen-bond donors (Lipinski definition) is 1. The second kappa shape index (κ2) is 6.00. The molecule has 1 saturated carbocycles. The van der Waals surface area contributed by atoms with Crippen LogP contribution in [0.1, 0.15) is 19.8 Å². The van der Waals surface area contributed by atoms with Gasteiger partial charge in [0.1, 0.15) is 0 Å². The molecular weight excluding hydrogens is 214 g/mol. The molecule has 1 aliphatic rings. The van der Waals surface area contributed by atoms with E-state index in [1.807, 2.05) is 0 Å². The number of nitrogens with one attached hydrogen (secondary N) is 1. The van der Waals surface area contributed by atoms with E-state index < -0.39 is 0 Å². The molecular formula is C10H17NO3S.